The molecule has 1 aromatic rings. The molecule has 15 heavy (non-hydrogen) atoms. The Bertz CT molecular complexity index is 361. The molecule has 1 atom stereocenters. The van der Waals surface area contributed by atoms with Gasteiger partial charge in [-0.25, -0.2) is 0 Å². The lowest BCUT2D eigenvalue weighted by Gasteiger charge is -2.02. The normalized spacial score (nSPS) is 10.4. The first-order chi connectivity index (χ1) is 7.11. The molecule has 0 aliphatic rings. The largest absolute Gasteiger partial charge is 0.451 e. The number of amides is 1. The minimum absolute atomic E-state index is 0.186. The van der Waals surface area contributed by atoms with Gasteiger partial charge in [-0.1, -0.05) is 16.2 Å². The molecule has 3 N–H and O–H groups in total. The summed E-state index contributed by atoms with van der Waals surface area (Å²) in [7, 11) is 2.49. The van der Waals surface area contributed by atoms with Gasteiger partial charge in [-0.05, 0) is 18.9 Å². The van der Waals surface area contributed by atoms with Crippen LogP contribution in [-0.4, -0.2) is 19.0 Å². The maximum atomic E-state index is 11.7. The molecule has 0 aromatic carbocycles. The van der Waals surface area contributed by atoms with Gasteiger partial charge in [-0.2, -0.15) is 0 Å². The second-order valence-electron chi connectivity index (χ2n) is 3.30. The van der Waals surface area contributed by atoms with Gasteiger partial charge < -0.3 is 15.5 Å². The summed E-state index contributed by atoms with van der Waals surface area (Å²) in [4.78, 5) is 11.7. The fraction of sp³-hybridized carbons (Fsp3) is 0.500. The van der Waals surface area contributed by atoms with Gasteiger partial charge in [0.1, 0.15) is 5.50 Å². The van der Waals surface area contributed by atoms with Gasteiger partial charge in [-0.15, -0.1) is 0 Å². The highest BCUT2D eigenvalue weighted by atomic mass is 31.0. The van der Waals surface area contributed by atoms with E-state index in [1.807, 2.05) is 13.8 Å². The lowest BCUT2D eigenvalue weighted by atomic mass is 10.1. The van der Waals surface area contributed by atoms with Gasteiger partial charge >= 0.3 is 0 Å². The second-order valence-corrected chi connectivity index (χ2v) is 3.82. The Morgan fingerprint density at radius 2 is 2.27 bits per heavy atom. The standard InChI is InChI=1S/C10H17N2O2P/c1-3-7-6(2)10(15)14-8(7)9(13)12-5-4-11/h3-5,11,15H2,1-2H3,(H,12,13). The highest BCUT2D eigenvalue weighted by Crippen LogP contribution is 2.17. The third kappa shape index (κ3) is 2.58. The molecular weight excluding hydrogens is 211 g/mol. The van der Waals surface area contributed by atoms with E-state index in [2.05, 4.69) is 14.6 Å². The van der Waals surface area contributed by atoms with Crippen molar-refractivity contribution in [2.24, 2.45) is 5.73 Å². The molecular formula is C10H17N2O2P. The van der Waals surface area contributed by atoms with E-state index >= 15 is 0 Å². The van der Waals surface area contributed by atoms with Crippen molar-refractivity contribution in [3.8, 4) is 0 Å². The number of hydrogen-bond acceptors (Lipinski definition) is 3. The minimum Gasteiger partial charge on any atom is -0.451 e. The Labute approximate surface area is 91.8 Å². The zero-order chi connectivity index (χ0) is 11.4. The third-order valence-electron chi connectivity index (χ3n) is 2.30. The maximum absolute atomic E-state index is 11.7. The second kappa shape index (κ2) is 5.29. The van der Waals surface area contributed by atoms with Crippen LogP contribution in [-0.2, 0) is 6.42 Å². The monoisotopic (exact) mass is 228 g/mol. The molecule has 4 nitrogen and oxygen atoms in total. The van der Waals surface area contributed by atoms with Crippen LogP contribution < -0.4 is 16.6 Å². The summed E-state index contributed by atoms with van der Waals surface area (Å²) in [6.45, 7) is 4.85. The van der Waals surface area contributed by atoms with Crippen LogP contribution in [0.5, 0.6) is 0 Å². The van der Waals surface area contributed by atoms with E-state index in [-0.39, 0.29) is 5.91 Å². The number of hydrogen-bond donors (Lipinski definition) is 2. The molecule has 0 saturated carbocycles. The zero-order valence-corrected chi connectivity index (χ0v) is 10.2. The van der Waals surface area contributed by atoms with E-state index in [0.29, 0.717) is 18.8 Å². The number of furan rings is 1. The average molecular weight is 228 g/mol. The number of rotatable bonds is 4. The molecule has 1 unspecified atom stereocenters. The molecule has 0 aliphatic carbocycles. The summed E-state index contributed by atoms with van der Waals surface area (Å²) in [5.41, 5.74) is 8.03. The van der Waals surface area contributed by atoms with Crippen molar-refractivity contribution in [3.05, 3.63) is 16.9 Å². The molecule has 0 aliphatic heterocycles. The van der Waals surface area contributed by atoms with Crippen LogP contribution in [0.1, 0.15) is 28.6 Å². The van der Waals surface area contributed by atoms with Crippen LogP contribution in [0.4, 0.5) is 0 Å². The van der Waals surface area contributed by atoms with E-state index < -0.39 is 0 Å². The summed E-state index contributed by atoms with van der Waals surface area (Å²) in [5.74, 6) is 0.225. The third-order valence-corrected chi connectivity index (χ3v) is 2.85. The Hall–Kier alpha value is -0.860. The first kappa shape index (κ1) is 12.2. The number of nitrogens with one attached hydrogen (secondary N) is 1. The maximum Gasteiger partial charge on any atom is 0.287 e. The van der Waals surface area contributed by atoms with E-state index in [1.165, 1.54) is 0 Å². The van der Waals surface area contributed by atoms with Crippen LogP contribution >= 0.6 is 9.24 Å². The molecule has 0 bridgehead atoms. The smallest absolute Gasteiger partial charge is 0.287 e. The van der Waals surface area contributed by atoms with Crippen molar-refractivity contribution in [3.63, 3.8) is 0 Å². The minimum atomic E-state index is -0.186. The van der Waals surface area contributed by atoms with Gasteiger partial charge in [0, 0.05) is 18.7 Å². The molecule has 0 fully saturated rings. The van der Waals surface area contributed by atoms with Gasteiger partial charge in [0.15, 0.2) is 5.76 Å². The van der Waals surface area contributed by atoms with Crippen molar-refractivity contribution in [1.82, 2.24) is 5.32 Å². The quantitative estimate of drug-likeness (QED) is 0.730. The summed E-state index contributed by atoms with van der Waals surface area (Å²) < 4.78 is 5.41. The first-order valence-corrected chi connectivity index (χ1v) is 5.55. The van der Waals surface area contributed by atoms with Crippen LogP contribution in [0.25, 0.3) is 0 Å². The lowest BCUT2D eigenvalue weighted by Crippen LogP contribution is -2.29. The van der Waals surface area contributed by atoms with E-state index in [9.17, 15) is 4.79 Å². The molecule has 1 rings (SSSR count). The molecule has 5 heteroatoms. The van der Waals surface area contributed by atoms with Crippen LogP contribution in [0.2, 0.25) is 0 Å². The van der Waals surface area contributed by atoms with Gasteiger partial charge in [0.05, 0.1) is 0 Å². The Kier molecular flexibility index (Phi) is 4.30. The number of nitrogens with two attached hydrogens (primary N) is 1. The molecule has 1 aromatic heterocycles. The fourth-order valence-electron chi connectivity index (χ4n) is 1.44. The molecule has 0 spiro atoms. The molecule has 0 radical (unpaired) electrons. The molecule has 0 saturated heterocycles. The fourth-order valence-corrected chi connectivity index (χ4v) is 1.73. The highest BCUT2D eigenvalue weighted by Gasteiger charge is 2.18. The number of carbonyl (C=O) groups is 1. The summed E-state index contributed by atoms with van der Waals surface area (Å²) in [6, 6.07) is 0. The molecule has 1 amide bonds. The van der Waals surface area contributed by atoms with E-state index in [4.69, 9.17) is 10.2 Å². The molecule has 84 valence electrons. The predicted molar refractivity (Wildman–Crippen MR) is 63.6 cm³/mol. The van der Waals surface area contributed by atoms with Crippen LogP contribution in [0.15, 0.2) is 4.42 Å². The van der Waals surface area contributed by atoms with Crippen molar-refractivity contribution in [2.45, 2.75) is 20.3 Å². The Balaban J connectivity index is 2.93. The summed E-state index contributed by atoms with van der Waals surface area (Å²) in [6.07, 6.45) is 0.787. The van der Waals surface area contributed by atoms with Gasteiger partial charge in [-0.3, -0.25) is 4.79 Å². The van der Waals surface area contributed by atoms with E-state index in [1.54, 1.807) is 0 Å². The van der Waals surface area contributed by atoms with Crippen molar-refractivity contribution < 1.29 is 9.21 Å². The summed E-state index contributed by atoms with van der Waals surface area (Å²) in [5, 5.41) is 2.70. The van der Waals surface area contributed by atoms with Crippen molar-refractivity contribution in [2.75, 3.05) is 13.1 Å². The van der Waals surface area contributed by atoms with Gasteiger partial charge in [0.2, 0.25) is 0 Å². The van der Waals surface area contributed by atoms with E-state index in [0.717, 1.165) is 23.0 Å². The van der Waals surface area contributed by atoms with Crippen molar-refractivity contribution >= 4 is 20.6 Å². The highest BCUT2D eigenvalue weighted by molar-refractivity contribution is 7.26. The van der Waals surface area contributed by atoms with Crippen LogP contribution in [0.3, 0.4) is 0 Å². The van der Waals surface area contributed by atoms with Crippen LogP contribution in [0, 0.1) is 6.92 Å². The summed E-state index contributed by atoms with van der Waals surface area (Å²) >= 11 is 0. The first-order valence-electron chi connectivity index (χ1n) is 4.97. The zero-order valence-electron chi connectivity index (χ0n) is 9.09. The van der Waals surface area contributed by atoms with Gasteiger partial charge in [0.25, 0.3) is 5.91 Å². The Morgan fingerprint density at radius 3 is 2.80 bits per heavy atom. The SMILES string of the molecule is CCc1c(C(=O)NCCN)oc(P)c1C. The topological polar surface area (TPSA) is 68.3 Å². The molecule has 1 heterocycles. The average Bonchev–Trinajstić information content (AvgIpc) is 2.52. The number of carbonyl (C=O) groups excluding carboxylic acids is 1. The predicted octanol–water partition coefficient (Wildman–Crippen LogP) is 0.339. The van der Waals surface area contributed by atoms with Crippen molar-refractivity contribution in [1.29, 1.82) is 0 Å². The Morgan fingerprint density at radius 1 is 1.60 bits per heavy atom. The lowest BCUT2D eigenvalue weighted by molar-refractivity contribution is 0.0927.